The van der Waals surface area contributed by atoms with Crippen LogP contribution >= 0.6 is 0 Å². The quantitative estimate of drug-likeness (QED) is 0.231. The molecule has 0 aromatic rings. The van der Waals surface area contributed by atoms with E-state index >= 15 is 0 Å². The monoisotopic (exact) mass is 338 g/mol. The van der Waals surface area contributed by atoms with Gasteiger partial charge in [0.2, 0.25) is 0 Å². The molecule has 138 valence electrons. The van der Waals surface area contributed by atoms with Crippen molar-refractivity contribution in [3.63, 3.8) is 0 Å². The molecule has 0 aliphatic heterocycles. The van der Waals surface area contributed by atoms with Crippen molar-refractivity contribution < 1.29 is 19.0 Å². The molecule has 0 radical (unpaired) electrons. The number of hydrogen-bond acceptors (Lipinski definition) is 4. The first-order valence-electron chi connectivity index (χ1n) is 8.46. The predicted octanol–water partition coefficient (Wildman–Crippen LogP) is 4.96. The number of carbonyl (C=O) groups is 1. The van der Waals surface area contributed by atoms with Crippen LogP contribution < -0.4 is 0 Å². The van der Waals surface area contributed by atoms with Gasteiger partial charge >= 0.3 is 5.97 Å². The Morgan fingerprint density at radius 1 is 1.08 bits per heavy atom. The van der Waals surface area contributed by atoms with Crippen LogP contribution in [0.1, 0.15) is 60.3 Å². The van der Waals surface area contributed by atoms with Crippen molar-refractivity contribution in [2.24, 2.45) is 0 Å². The molecule has 0 amide bonds. The molecule has 0 N–H and O–H groups in total. The zero-order chi connectivity index (χ0) is 18.8. The van der Waals surface area contributed by atoms with Crippen LogP contribution in [0, 0.1) is 0 Å². The Morgan fingerprint density at radius 3 is 2.12 bits per heavy atom. The zero-order valence-electron chi connectivity index (χ0n) is 16.4. The van der Waals surface area contributed by atoms with Crippen molar-refractivity contribution in [2.45, 2.75) is 72.2 Å². The summed E-state index contributed by atoms with van der Waals surface area (Å²) in [6.45, 7) is 13.6. The second kappa shape index (κ2) is 11.2. The molecule has 4 nitrogen and oxygen atoms in total. The highest BCUT2D eigenvalue weighted by atomic mass is 16.7. The van der Waals surface area contributed by atoms with Gasteiger partial charge in [-0.2, -0.15) is 0 Å². The molecule has 0 heterocycles. The van der Waals surface area contributed by atoms with Crippen LogP contribution in [0.5, 0.6) is 0 Å². The van der Waals surface area contributed by atoms with E-state index in [0.29, 0.717) is 0 Å². The molecular weight excluding hydrogens is 304 g/mol. The summed E-state index contributed by atoms with van der Waals surface area (Å²) >= 11 is 0. The molecule has 0 saturated carbocycles. The number of ether oxygens (including phenoxy) is 3. The minimum absolute atomic E-state index is 0.0844. The maximum absolute atomic E-state index is 11.6. The molecule has 0 saturated heterocycles. The topological polar surface area (TPSA) is 44.8 Å². The van der Waals surface area contributed by atoms with Crippen LogP contribution in [0.2, 0.25) is 0 Å². The van der Waals surface area contributed by atoms with Crippen LogP contribution in [-0.4, -0.2) is 32.1 Å². The van der Waals surface area contributed by atoms with Gasteiger partial charge in [0.25, 0.3) is 0 Å². The molecule has 24 heavy (non-hydrogen) atoms. The first kappa shape index (κ1) is 22.6. The van der Waals surface area contributed by atoms with Crippen LogP contribution in [0.15, 0.2) is 35.5 Å². The van der Waals surface area contributed by atoms with Gasteiger partial charge < -0.3 is 14.2 Å². The van der Waals surface area contributed by atoms with Gasteiger partial charge in [-0.1, -0.05) is 23.8 Å². The molecule has 0 rings (SSSR count). The van der Waals surface area contributed by atoms with Crippen LogP contribution in [-0.2, 0) is 19.0 Å². The third-order valence-electron chi connectivity index (χ3n) is 3.91. The van der Waals surface area contributed by atoms with Gasteiger partial charge in [-0.25, -0.2) is 4.79 Å². The van der Waals surface area contributed by atoms with Crippen LogP contribution in [0.3, 0.4) is 0 Å². The first-order valence-corrected chi connectivity index (χ1v) is 8.46. The summed E-state index contributed by atoms with van der Waals surface area (Å²) in [5, 5.41) is 0. The minimum atomic E-state index is -0.717. The van der Waals surface area contributed by atoms with Crippen LogP contribution in [0.25, 0.3) is 0 Å². The summed E-state index contributed by atoms with van der Waals surface area (Å²) in [4.78, 5) is 11.6. The molecule has 0 aliphatic carbocycles. The van der Waals surface area contributed by atoms with E-state index < -0.39 is 5.79 Å². The summed E-state index contributed by atoms with van der Waals surface area (Å²) in [5.41, 5.74) is 3.16. The molecule has 0 bridgehead atoms. The van der Waals surface area contributed by atoms with Gasteiger partial charge in [-0.15, -0.1) is 0 Å². The Kier molecular flexibility index (Phi) is 10.6. The Hall–Kier alpha value is -1.39. The van der Waals surface area contributed by atoms with E-state index in [1.807, 2.05) is 27.7 Å². The molecule has 4 heteroatoms. The summed E-state index contributed by atoms with van der Waals surface area (Å²) in [6.07, 6.45) is 7.01. The number of methoxy groups -OCH3 is 2. The predicted molar refractivity (Wildman–Crippen MR) is 98.8 cm³/mol. The second-order valence-corrected chi connectivity index (χ2v) is 6.51. The van der Waals surface area contributed by atoms with Gasteiger partial charge in [0.15, 0.2) is 5.79 Å². The van der Waals surface area contributed by atoms with Gasteiger partial charge in [0.1, 0.15) is 0 Å². The molecular formula is C20H34O4. The Bertz CT molecular complexity index is 468. The summed E-state index contributed by atoms with van der Waals surface area (Å²) < 4.78 is 16.1. The largest absolute Gasteiger partial charge is 0.460 e. The standard InChI is InChI=1S/C20H34O4/c1-15(2)20(22-7,23-8)13-12-17(5)10-9-11-18(6)14-19(21)24-16(3)4/h10,14,16H,1,9,11-13H2,2-8H3. The molecule has 0 spiro atoms. The Labute approximate surface area is 147 Å². The van der Waals surface area contributed by atoms with E-state index in [0.717, 1.165) is 36.8 Å². The minimum Gasteiger partial charge on any atom is -0.460 e. The van der Waals surface area contributed by atoms with E-state index in [2.05, 4.69) is 19.6 Å². The number of carbonyl (C=O) groups excluding carboxylic acids is 1. The van der Waals surface area contributed by atoms with Crippen molar-refractivity contribution >= 4 is 5.97 Å². The molecule has 0 aromatic heterocycles. The average molecular weight is 338 g/mol. The van der Waals surface area contributed by atoms with Crippen molar-refractivity contribution in [3.8, 4) is 0 Å². The summed E-state index contributed by atoms with van der Waals surface area (Å²) in [5.74, 6) is -0.986. The van der Waals surface area contributed by atoms with E-state index in [-0.39, 0.29) is 12.1 Å². The third kappa shape index (κ3) is 8.46. The van der Waals surface area contributed by atoms with Gasteiger partial charge in [-0.3, -0.25) is 0 Å². The number of esters is 1. The summed E-state index contributed by atoms with van der Waals surface area (Å²) in [7, 11) is 3.28. The Balaban J connectivity index is 4.44. The number of hydrogen-bond donors (Lipinski definition) is 0. The van der Waals surface area contributed by atoms with Crippen molar-refractivity contribution in [2.75, 3.05) is 14.2 Å². The smallest absolute Gasteiger partial charge is 0.330 e. The third-order valence-corrected chi connectivity index (χ3v) is 3.91. The number of allylic oxidation sites excluding steroid dienone is 3. The maximum atomic E-state index is 11.6. The summed E-state index contributed by atoms with van der Waals surface area (Å²) in [6, 6.07) is 0. The van der Waals surface area contributed by atoms with Gasteiger partial charge in [0.05, 0.1) is 6.10 Å². The fraction of sp³-hybridized carbons (Fsp3) is 0.650. The number of rotatable bonds is 11. The highest BCUT2D eigenvalue weighted by Crippen LogP contribution is 2.28. The van der Waals surface area contributed by atoms with E-state index in [4.69, 9.17) is 14.2 Å². The molecule has 0 aromatic carbocycles. The molecule has 0 unspecified atom stereocenters. The molecule has 0 aliphatic rings. The lowest BCUT2D eigenvalue weighted by Crippen LogP contribution is -2.34. The molecule has 0 fully saturated rings. The zero-order valence-corrected chi connectivity index (χ0v) is 16.4. The van der Waals surface area contributed by atoms with Gasteiger partial charge in [0, 0.05) is 26.7 Å². The van der Waals surface area contributed by atoms with Gasteiger partial charge in [-0.05, 0) is 59.5 Å². The highest BCUT2D eigenvalue weighted by molar-refractivity contribution is 5.82. The lowest BCUT2D eigenvalue weighted by molar-refractivity contribution is -0.181. The highest BCUT2D eigenvalue weighted by Gasteiger charge is 2.30. The first-order chi connectivity index (χ1) is 11.2. The maximum Gasteiger partial charge on any atom is 0.330 e. The normalized spacial score (nSPS) is 13.3. The molecule has 0 atom stereocenters. The van der Waals surface area contributed by atoms with E-state index in [1.54, 1.807) is 20.3 Å². The van der Waals surface area contributed by atoms with Crippen LogP contribution in [0.4, 0.5) is 0 Å². The van der Waals surface area contributed by atoms with Crippen molar-refractivity contribution in [1.82, 2.24) is 0 Å². The van der Waals surface area contributed by atoms with E-state index in [1.165, 1.54) is 5.57 Å². The fourth-order valence-corrected chi connectivity index (χ4v) is 2.40. The lowest BCUT2D eigenvalue weighted by Gasteiger charge is -2.31. The van der Waals surface area contributed by atoms with E-state index in [9.17, 15) is 4.79 Å². The second-order valence-electron chi connectivity index (χ2n) is 6.51. The fourth-order valence-electron chi connectivity index (χ4n) is 2.40. The SMILES string of the molecule is C=C(C)C(CCC(C)=CCCC(C)=CC(=O)OC(C)C)(OC)OC. The van der Waals surface area contributed by atoms with Crippen molar-refractivity contribution in [3.05, 3.63) is 35.5 Å². The van der Waals surface area contributed by atoms with Crippen molar-refractivity contribution in [1.29, 1.82) is 0 Å². The lowest BCUT2D eigenvalue weighted by atomic mass is 9.99. The Morgan fingerprint density at radius 2 is 1.67 bits per heavy atom. The average Bonchev–Trinajstić information content (AvgIpc) is 2.47.